The van der Waals surface area contributed by atoms with E-state index < -0.39 is 6.55 Å². The molecule has 1 N–H and O–H groups in total. The Morgan fingerprint density at radius 3 is 2.86 bits per heavy atom. The van der Waals surface area contributed by atoms with Gasteiger partial charge < -0.3 is 9.88 Å². The Morgan fingerprint density at radius 1 is 1.24 bits per heavy atom. The van der Waals surface area contributed by atoms with Crippen molar-refractivity contribution >= 4 is 10.9 Å². The zero-order valence-electron chi connectivity index (χ0n) is 11.6. The Labute approximate surface area is 121 Å². The first-order valence-corrected chi connectivity index (χ1v) is 6.72. The third kappa shape index (κ3) is 2.54. The zero-order valence-corrected chi connectivity index (χ0v) is 11.6. The Balaban J connectivity index is 2.02. The van der Waals surface area contributed by atoms with Crippen molar-refractivity contribution in [2.75, 3.05) is 7.05 Å². The van der Waals surface area contributed by atoms with E-state index in [4.69, 9.17) is 0 Å². The first-order valence-electron chi connectivity index (χ1n) is 6.72. The van der Waals surface area contributed by atoms with E-state index in [0.29, 0.717) is 12.4 Å². The lowest BCUT2D eigenvalue weighted by atomic mass is 10.1. The number of hydrogen-bond donors (Lipinski definition) is 1. The van der Waals surface area contributed by atoms with E-state index >= 15 is 0 Å². The Morgan fingerprint density at radius 2 is 2.10 bits per heavy atom. The summed E-state index contributed by atoms with van der Waals surface area (Å²) in [4.78, 5) is 4.04. The van der Waals surface area contributed by atoms with Gasteiger partial charge in [0, 0.05) is 25.1 Å². The number of imidazole rings is 1. The average Bonchev–Trinajstić information content (AvgIpc) is 3.08. The standard InChI is InChI=1S/C15H16F2N4/c1-18-9-12-4-2-3-11-5-7-20(14(11)12)10-13-19-6-8-21(13)15(16)17/h2-8,15,18H,9-10H2,1H3. The molecule has 0 unspecified atom stereocenters. The fourth-order valence-electron chi connectivity index (χ4n) is 2.60. The topological polar surface area (TPSA) is 34.8 Å². The SMILES string of the molecule is CNCc1cccc2ccn(Cc3nccn3C(F)F)c12. The molecular formula is C15H16F2N4. The van der Waals surface area contributed by atoms with Crippen LogP contribution in [-0.2, 0) is 13.1 Å². The van der Waals surface area contributed by atoms with Gasteiger partial charge in [0.25, 0.3) is 0 Å². The summed E-state index contributed by atoms with van der Waals surface area (Å²) in [5.41, 5.74) is 2.19. The highest BCUT2D eigenvalue weighted by Gasteiger charge is 2.13. The zero-order chi connectivity index (χ0) is 14.8. The van der Waals surface area contributed by atoms with E-state index in [2.05, 4.69) is 10.3 Å². The predicted molar refractivity (Wildman–Crippen MR) is 77.3 cm³/mol. The van der Waals surface area contributed by atoms with Gasteiger partial charge in [-0.2, -0.15) is 8.78 Å². The van der Waals surface area contributed by atoms with Crippen LogP contribution in [0.15, 0.2) is 42.9 Å². The molecular weight excluding hydrogens is 274 g/mol. The molecule has 4 nitrogen and oxygen atoms in total. The molecule has 0 saturated carbocycles. The van der Waals surface area contributed by atoms with Crippen LogP contribution < -0.4 is 5.32 Å². The van der Waals surface area contributed by atoms with Crippen molar-refractivity contribution < 1.29 is 8.78 Å². The summed E-state index contributed by atoms with van der Waals surface area (Å²) in [6, 6.07) is 8.04. The number of para-hydroxylation sites is 1. The second-order valence-corrected chi connectivity index (χ2v) is 4.86. The van der Waals surface area contributed by atoms with Gasteiger partial charge in [0.1, 0.15) is 5.82 Å². The summed E-state index contributed by atoms with van der Waals surface area (Å²) in [5.74, 6) is 0.349. The molecule has 110 valence electrons. The van der Waals surface area contributed by atoms with Crippen LogP contribution in [0.5, 0.6) is 0 Å². The fourth-order valence-corrected chi connectivity index (χ4v) is 2.60. The van der Waals surface area contributed by atoms with E-state index in [1.807, 2.05) is 42.1 Å². The number of fused-ring (bicyclic) bond motifs is 1. The summed E-state index contributed by atoms with van der Waals surface area (Å²) in [5, 5.41) is 4.22. The molecule has 0 bridgehead atoms. The maximum atomic E-state index is 12.9. The van der Waals surface area contributed by atoms with Gasteiger partial charge in [0.05, 0.1) is 12.1 Å². The molecule has 0 spiro atoms. The first-order chi connectivity index (χ1) is 10.2. The fraction of sp³-hybridized carbons (Fsp3) is 0.267. The number of halogens is 2. The van der Waals surface area contributed by atoms with E-state index in [1.165, 1.54) is 12.4 Å². The van der Waals surface area contributed by atoms with Crippen LogP contribution in [-0.4, -0.2) is 21.2 Å². The average molecular weight is 290 g/mol. The van der Waals surface area contributed by atoms with E-state index in [1.54, 1.807) is 0 Å². The van der Waals surface area contributed by atoms with Gasteiger partial charge in [-0.05, 0) is 24.1 Å². The molecule has 6 heteroatoms. The lowest BCUT2D eigenvalue weighted by Gasteiger charge is -2.11. The van der Waals surface area contributed by atoms with Crippen LogP contribution in [0.4, 0.5) is 8.78 Å². The summed E-state index contributed by atoms with van der Waals surface area (Å²) < 4.78 is 28.7. The Hall–Kier alpha value is -2.21. The molecule has 1 aromatic carbocycles. The van der Waals surface area contributed by atoms with Crippen molar-refractivity contribution in [3.8, 4) is 0 Å². The van der Waals surface area contributed by atoms with Gasteiger partial charge in [0.2, 0.25) is 0 Å². The predicted octanol–water partition coefficient (Wildman–Crippen LogP) is 3.00. The molecule has 21 heavy (non-hydrogen) atoms. The molecule has 0 aliphatic heterocycles. The van der Waals surface area contributed by atoms with E-state index in [-0.39, 0.29) is 0 Å². The summed E-state index contributed by atoms with van der Waals surface area (Å²) in [6.45, 7) is -1.52. The lowest BCUT2D eigenvalue weighted by molar-refractivity contribution is 0.0667. The number of aromatic nitrogens is 3. The quantitative estimate of drug-likeness (QED) is 0.784. The number of rotatable bonds is 5. The van der Waals surface area contributed by atoms with Gasteiger partial charge in [-0.15, -0.1) is 0 Å². The minimum absolute atomic E-state index is 0.321. The minimum Gasteiger partial charge on any atom is -0.340 e. The van der Waals surface area contributed by atoms with Crippen molar-refractivity contribution in [3.63, 3.8) is 0 Å². The Bertz CT molecular complexity index is 745. The number of nitrogens with one attached hydrogen (secondary N) is 1. The normalized spacial score (nSPS) is 11.6. The maximum absolute atomic E-state index is 12.9. The first kappa shape index (κ1) is 13.8. The van der Waals surface area contributed by atoms with Crippen LogP contribution >= 0.6 is 0 Å². The highest BCUT2D eigenvalue weighted by atomic mass is 19.3. The molecule has 0 atom stereocenters. The van der Waals surface area contributed by atoms with Gasteiger partial charge in [0.15, 0.2) is 0 Å². The lowest BCUT2D eigenvalue weighted by Crippen LogP contribution is -2.11. The molecule has 3 aromatic rings. The highest BCUT2D eigenvalue weighted by Crippen LogP contribution is 2.22. The molecule has 2 heterocycles. The molecule has 0 amide bonds. The second-order valence-electron chi connectivity index (χ2n) is 4.86. The van der Waals surface area contributed by atoms with Crippen molar-refractivity contribution in [2.45, 2.75) is 19.6 Å². The monoisotopic (exact) mass is 290 g/mol. The maximum Gasteiger partial charge on any atom is 0.319 e. The van der Waals surface area contributed by atoms with Crippen LogP contribution in [0, 0.1) is 0 Å². The number of benzene rings is 1. The summed E-state index contributed by atoms with van der Waals surface area (Å²) >= 11 is 0. The van der Waals surface area contributed by atoms with Gasteiger partial charge in [-0.1, -0.05) is 18.2 Å². The summed E-state index contributed by atoms with van der Waals surface area (Å²) in [7, 11) is 1.88. The van der Waals surface area contributed by atoms with Gasteiger partial charge >= 0.3 is 6.55 Å². The summed E-state index contributed by atoms with van der Waals surface area (Å²) in [6.07, 6.45) is 4.62. The minimum atomic E-state index is -2.57. The molecule has 0 fully saturated rings. The molecule has 3 rings (SSSR count). The third-order valence-corrected chi connectivity index (χ3v) is 3.51. The van der Waals surface area contributed by atoms with Crippen molar-refractivity contribution in [3.05, 3.63) is 54.2 Å². The Kier molecular flexibility index (Phi) is 3.70. The molecule has 0 radical (unpaired) electrons. The van der Waals surface area contributed by atoms with E-state index in [0.717, 1.165) is 27.6 Å². The highest BCUT2D eigenvalue weighted by molar-refractivity contribution is 5.83. The number of alkyl halides is 2. The molecule has 0 saturated heterocycles. The van der Waals surface area contributed by atoms with Crippen molar-refractivity contribution in [1.82, 2.24) is 19.4 Å². The van der Waals surface area contributed by atoms with Crippen LogP contribution in [0.3, 0.4) is 0 Å². The van der Waals surface area contributed by atoms with Crippen LogP contribution in [0.1, 0.15) is 17.9 Å². The van der Waals surface area contributed by atoms with Crippen LogP contribution in [0.2, 0.25) is 0 Å². The van der Waals surface area contributed by atoms with E-state index in [9.17, 15) is 8.78 Å². The number of nitrogens with zero attached hydrogens (tertiary/aromatic N) is 3. The molecule has 0 aliphatic rings. The van der Waals surface area contributed by atoms with Gasteiger partial charge in [-0.3, -0.25) is 4.57 Å². The van der Waals surface area contributed by atoms with Crippen molar-refractivity contribution in [2.24, 2.45) is 0 Å². The number of hydrogen-bond acceptors (Lipinski definition) is 2. The van der Waals surface area contributed by atoms with Gasteiger partial charge in [-0.25, -0.2) is 4.98 Å². The smallest absolute Gasteiger partial charge is 0.319 e. The third-order valence-electron chi connectivity index (χ3n) is 3.51. The second kappa shape index (κ2) is 5.65. The molecule has 0 aliphatic carbocycles. The largest absolute Gasteiger partial charge is 0.340 e. The molecule has 2 aromatic heterocycles. The van der Waals surface area contributed by atoms with Crippen molar-refractivity contribution in [1.29, 1.82) is 0 Å². The van der Waals surface area contributed by atoms with Crippen LogP contribution in [0.25, 0.3) is 10.9 Å².